The number of nitro benzene ring substituents is 1. The second kappa shape index (κ2) is 5.24. The number of furan rings is 1. The van der Waals surface area contributed by atoms with Crippen molar-refractivity contribution in [1.29, 1.82) is 0 Å². The van der Waals surface area contributed by atoms with Crippen LogP contribution in [0.2, 0.25) is 5.02 Å². The molecular formula is C13H10ClNO5. The van der Waals surface area contributed by atoms with E-state index in [1.807, 2.05) is 0 Å². The summed E-state index contributed by atoms with van der Waals surface area (Å²) in [6.07, 6.45) is -0.546. The smallest absolute Gasteiger partial charge is 0.281 e. The summed E-state index contributed by atoms with van der Waals surface area (Å²) in [4.78, 5) is 10.6. The van der Waals surface area contributed by atoms with E-state index in [1.54, 1.807) is 24.3 Å². The van der Waals surface area contributed by atoms with Gasteiger partial charge in [-0.1, -0.05) is 11.6 Å². The molecule has 0 atom stereocenters. The predicted molar refractivity (Wildman–Crippen MR) is 70.5 cm³/mol. The monoisotopic (exact) mass is 295 g/mol. The zero-order chi connectivity index (χ0) is 14.1. The van der Waals surface area contributed by atoms with Crippen LogP contribution in [0.4, 0.5) is 5.69 Å². The lowest BCUT2D eigenvalue weighted by molar-refractivity contribution is -0.384. The van der Waals surface area contributed by atoms with Crippen LogP contribution in [0.15, 0.2) is 34.7 Å². The van der Waals surface area contributed by atoms with E-state index >= 15 is 0 Å². The summed E-state index contributed by atoms with van der Waals surface area (Å²) in [7, 11) is 0. The second-order valence-electron chi connectivity index (χ2n) is 4.19. The van der Waals surface area contributed by atoms with E-state index in [0.717, 1.165) is 0 Å². The first-order valence-electron chi connectivity index (χ1n) is 5.92. The first-order chi connectivity index (χ1) is 9.65. The van der Waals surface area contributed by atoms with Crippen molar-refractivity contribution in [3.63, 3.8) is 0 Å². The minimum Gasteiger partial charge on any atom is -0.455 e. The Hall–Kier alpha value is -1.89. The SMILES string of the molecule is O=[N+]([O-])c1cc(Cl)ccc1-c1ccc(C2OCCO2)o1. The highest BCUT2D eigenvalue weighted by Crippen LogP contribution is 2.35. The van der Waals surface area contributed by atoms with Gasteiger partial charge in [0, 0.05) is 11.1 Å². The predicted octanol–water partition coefficient (Wildman–Crippen LogP) is 3.55. The fourth-order valence-corrected chi connectivity index (χ4v) is 2.18. The molecule has 104 valence electrons. The van der Waals surface area contributed by atoms with Crippen LogP contribution in [-0.2, 0) is 9.47 Å². The Morgan fingerprint density at radius 1 is 1.20 bits per heavy atom. The fourth-order valence-electron chi connectivity index (χ4n) is 2.01. The molecule has 0 unspecified atom stereocenters. The van der Waals surface area contributed by atoms with E-state index in [0.29, 0.717) is 35.3 Å². The van der Waals surface area contributed by atoms with Crippen molar-refractivity contribution in [2.24, 2.45) is 0 Å². The highest BCUT2D eigenvalue weighted by molar-refractivity contribution is 6.30. The maximum atomic E-state index is 11.1. The van der Waals surface area contributed by atoms with Gasteiger partial charge < -0.3 is 13.9 Å². The molecule has 0 N–H and O–H groups in total. The molecule has 6 nitrogen and oxygen atoms in total. The Bertz CT molecular complexity index is 648. The van der Waals surface area contributed by atoms with Crippen LogP contribution in [-0.4, -0.2) is 18.1 Å². The molecule has 0 bridgehead atoms. The minimum absolute atomic E-state index is 0.105. The summed E-state index contributed by atoms with van der Waals surface area (Å²) in [6, 6.07) is 7.76. The Kier molecular flexibility index (Phi) is 3.43. The van der Waals surface area contributed by atoms with Crippen molar-refractivity contribution in [3.05, 3.63) is 51.2 Å². The number of nitrogens with zero attached hydrogens (tertiary/aromatic N) is 1. The molecule has 1 fully saturated rings. The first kappa shape index (κ1) is 13.1. The zero-order valence-electron chi connectivity index (χ0n) is 10.2. The molecule has 0 aliphatic carbocycles. The lowest BCUT2D eigenvalue weighted by Gasteiger charge is -2.05. The van der Waals surface area contributed by atoms with Gasteiger partial charge in [-0.2, -0.15) is 0 Å². The molecule has 0 saturated carbocycles. The van der Waals surface area contributed by atoms with Gasteiger partial charge in [0.2, 0.25) is 6.29 Å². The molecule has 0 amide bonds. The quantitative estimate of drug-likeness (QED) is 0.639. The highest BCUT2D eigenvalue weighted by atomic mass is 35.5. The Morgan fingerprint density at radius 3 is 2.65 bits per heavy atom. The molecule has 1 aromatic carbocycles. The molecule has 0 spiro atoms. The lowest BCUT2D eigenvalue weighted by Crippen LogP contribution is -1.95. The van der Waals surface area contributed by atoms with Crippen LogP contribution < -0.4 is 0 Å². The van der Waals surface area contributed by atoms with Gasteiger partial charge in [-0.25, -0.2) is 0 Å². The van der Waals surface area contributed by atoms with Gasteiger partial charge in [0.15, 0.2) is 5.76 Å². The van der Waals surface area contributed by atoms with Crippen molar-refractivity contribution in [1.82, 2.24) is 0 Å². The molecule has 1 saturated heterocycles. The third-order valence-electron chi connectivity index (χ3n) is 2.90. The van der Waals surface area contributed by atoms with E-state index in [4.69, 9.17) is 25.5 Å². The van der Waals surface area contributed by atoms with Crippen molar-refractivity contribution >= 4 is 17.3 Å². The maximum Gasteiger partial charge on any atom is 0.281 e. The number of ether oxygens (including phenoxy) is 2. The Balaban J connectivity index is 1.98. The molecule has 1 aromatic heterocycles. The summed E-state index contributed by atoms with van der Waals surface area (Å²) < 4.78 is 16.2. The molecular weight excluding hydrogens is 286 g/mol. The van der Waals surface area contributed by atoms with Crippen molar-refractivity contribution in [2.75, 3.05) is 13.2 Å². The van der Waals surface area contributed by atoms with Gasteiger partial charge in [0.1, 0.15) is 5.76 Å². The fraction of sp³-hybridized carbons (Fsp3) is 0.231. The molecule has 2 aromatic rings. The molecule has 7 heteroatoms. The first-order valence-corrected chi connectivity index (χ1v) is 6.30. The average Bonchev–Trinajstić information content (AvgIpc) is 3.09. The number of benzene rings is 1. The van der Waals surface area contributed by atoms with Gasteiger partial charge >= 0.3 is 0 Å². The molecule has 2 heterocycles. The van der Waals surface area contributed by atoms with E-state index in [2.05, 4.69) is 0 Å². The summed E-state index contributed by atoms with van der Waals surface area (Å²) >= 11 is 5.78. The van der Waals surface area contributed by atoms with E-state index in [-0.39, 0.29) is 5.69 Å². The summed E-state index contributed by atoms with van der Waals surface area (Å²) in [5.41, 5.74) is 0.260. The molecule has 1 aliphatic rings. The highest BCUT2D eigenvalue weighted by Gasteiger charge is 2.24. The van der Waals surface area contributed by atoms with Gasteiger partial charge in [-0.3, -0.25) is 10.1 Å². The maximum absolute atomic E-state index is 11.1. The van der Waals surface area contributed by atoms with Crippen LogP contribution in [0, 0.1) is 10.1 Å². The Morgan fingerprint density at radius 2 is 1.95 bits per heavy atom. The van der Waals surface area contributed by atoms with Crippen LogP contribution in [0.3, 0.4) is 0 Å². The average molecular weight is 296 g/mol. The summed E-state index contributed by atoms with van der Waals surface area (Å²) in [5.74, 6) is 0.865. The van der Waals surface area contributed by atoms with Gasteiger partial charge in [0.05, 0.1) is 23.7 Å². The number of nitro groups is 1. The van der Waals surface area contributed by atoms with E-state index in [1.165, 1.54) is 6.07 Å². The normalized spacial score (nSPS) is 15.7. The van der Waals surface area contributed by atoms with Crippen LogP contribution >= 0.6 is 11.6 Å². The minimum atomic E-state index is -0.546. The Labute approximate surface area is 119 Å². The van der Waals surface area contributed by atoms with Crippen molar-refractivity contribution < 1.29 is 18.8 Å². The summed E-state index contributed by atoms with van der Waals surface area (Å²) in [5, 5.41) is 11.4. The van der Waals surface area contributed by atoms with Crippen LogP contribution in [0.5, 0.6) is 0 Å². The number of hydrogen-bond acceptors (Lipinski definition) is 5. The standard InChI is InChI=1S/C13H10ClNO5/c14-8-1-2-9(10(7-8)15(16)17)11-3-4-12(20-11)13-18-5-6-19-13/h1-4,7,13H,5-6H2. The van der Waals surface area contributed by atoms with Gasteiger partial charge in [0.25, 0.3) is 5.69 Å². The topological polar surface area (TPSA) is 74.7 Å². The molecule has 20 heavy (non-hydrogen) atoms. The number of rotatable bonds is 3. The molecule has 0 radical (unpaired) electrons. The van der Waals surface area contributed by atoms with E-state index in [9.17, 15) is 10.1 Å². The van der Waals surface area contributed by atoms with Crippen LogP contribution in [0.1, 0.15) is 12.1 Å². The second-order valence-corrected chi connectivity index (χ2v) is 4.63. The van der Waals surface area contributed by atoms with Crippen LogP contribution in [0.25, 0.3) is 11.3 Å². The zero-order valence-corrected chi connectivity index (χ0v) is 11.0. The number of hydrogen-bond donors (Lipinski definition) is 0. The third kappa shape index (κ3) is 2.40. The molecule has 1 aliphatic heterocycles. The third-order valence-corrected chi connectivity index (χ3v) is 3.14. The van der Waals surface area contributed by atoms with Gasteiger partial charge in [-0.15, -0.1) is 0 Å². The van der Waals surface area contributed by atoms with Gasteiger partial charge in [-0.05, 0) is 24.3 Å². The van der Waals surface area contributed by atoms with Crippen molar-refractivity contribution in [2.45, 2.75) is 6.29 Å². The molecule has 3 rings (SSSR count). The van der Waals surface area contributed by atoms with Crippen molar-refractivity contribution in [3.8, 4) is 11.3 Å². The van der Waals surface area contributed by atoms with E-state index < -0.39 is 11.2 Å². The number of halogens is 1. The largest absolute Gasteiger partial charge is 0.455 e. The lowest BCUT2D eigenvalue weighted by atomic mass is 10.1. The summed E-state index contributed by atoms with van der Waals surface area (Å²) in [6.45, 7) is 1.00.